The molecule has 3 rings (SSSR count). The summed E-state index contributed by atoms with van der Waals surface area (Å²) in [4.78, 5) is 0. The number of fused-ring (bicyclic) bond motifs is 1. The summed E-state index contributed by atoms with van der Waals surface area (Å²) in [6, 6.07) is 4.37. The maximum atomic E-state index is 6.24. The molecule has 1 aromatic carbocycles. The van der Waals surface area contributed by atoms with E-state index in [0.29, 0.717) is 6.04 Å². The summed E-state index contributed by atoms with van der Waals surface area (Å²) in [5, 5.41) is 0.808. The van der Waals surface area contributed by atoms with Gasteiger partial charge in [0.05, 0.1) is 6.61 Å². The number of rotatable bonds is 5. The summed E-state index contributed by atoms with van der Waals surface area (Å²) in [6.07, 6.45) is 9.85. The number of benzene rings is 1. The van der Waals surface area contributed by atoms with Crippen LogP contribution in [0.3, 0.4) is 0 Å². The SMILES string of the molecule is NNC(Cc1cc(Cl)cc2c1OCC2)CC1CCCCC1. The zero-order chi connectivity index (χ0) is 14.7. The third kappa shape index (κ3) is 3.71. The van der Waals surface area contributed by atoms with Crippen molar-refractivity contribution in [3.8, 4) is 5.75 Å². The highest BCUT2D eigenvalue weighted by Gasteiger charge is 2.22. The Morgan fingerprint density at radius 3 is 2.86 bits per heavy atom. The lowest BCUT2D eigenvalue weighted by molar-refractivity contribution is 0.295. The summed E-state index contributed by atoms with van der Waals surface area (Å²) >= 11 is 6.24. The Morgan fingerprint density at radius 2 is 2.10 bits per heavy atom. The fraction of sp³-hybridized carbons (Fsp3) is 0.647. The average molecular weight is 309 g/mol. The van der Waals surface area contributed by atoms with Crippen molar-refractivity contribution in [3.05, 3.63) is 28.3 Å². The monoisotopic (exact) mass is 308 g/mol. The number of nitrogens with one attached hydrogen (secondary N) is 1. The fourth-order valence-electron chi connectivity index (χ4n) is 3.80. The lowest BCUT2D eigenvalue weighted by atomic mass is 9.83. The van der Waals surface area contributed by atoms with Gasteiger partial charge in [0.2, 0.25) is 0 Å². The Morgan fingerprint density at radius 1 is 1.29 bits per heavy atom. The van der Waals surface area contributed by atoms with Gasteiger partial charge in [0.1, 0.15) is 5.75 Å². The highest BCUT2D eigenvalue weighted by molar-refractivity contribution is 6.30. The Balaban J connectivity index is 1.69. The molecule has 0 radical (unpaired) electrons. The molecule has 1 aliphatic heterocycles. The van der Waals surface area contributed by atoms with Crippen molar-refractivity contribution >= 4 is 11.6 Å². The van der Waals surface area contributed by atoms with E-state index in [1.807, 2.05) is 12.1 Å². The molecule has 21 heavy (non-hydrogen) atoms. The molecule has 1 saturated carbocycles. The van der Waals surface area contributed by atoms with Crippen LogP contribution in [-0.2, 0) is 12.8 Å². The van der Waals surface area contributed by atoms with Crippen LogP contribution in [0.1, 0.15) is 49.7 Å². The largest absolute Gasteiger partial charge is 0.493 e. The van der Waals surface area contributed by atoms with E-state index in [-0.39, 0.29) is 0 Å². The Kier molecular flexibility index (Phi) is 5.04. The van der Waals surface area contributed by atoms with Crippen LogP contribution in [0, 0.1) is 5.92 Å². The van der Waals surface area contributed by atoms with E-state index >= 15 is 0 Å². The summed E-state index contributed by atoms with van der Waals surface area (Å²) in [5.41, 5.74) is 5.45. The number of ether oxygens (including phenoxy) is 1. The van der Waals surface area contributed by atoms with Gasteiger partial charge in [-0.15, -0.1) is 0 Å². The van der Waals surface area contributed by atoms with Gasteiger partial charge in [-0.1, -0.05) is 43.7 Å². The first kappa shape index (κ1) is 15.1. The second kappa shape index (κ2) is 6.99. The number of hydrogen-bond donors (Lipinski definition) is 2. The van der Waals surface area contributed by atoms with Crippen molar-refractivity contribution in [2.75, 3.05) is 6.61 Å². The van der Waals surface area contributed by atoms with Crippen LogP contribution in [0.2, 0.25) is 5.02 Å². The molecule has 0 aromatic heterocycles. The molecule has 1 aliphatic carbocycles. The van der Waals surface area contributed by atoms with Gasteiger partial charge in [0, 0.05) is 17.5 Å². The molecule has 1 atom stereocenters. The van der Waals surface area contributed by atoms with Crippen molar-refractivity contribution in [2.24, 2.45) is 11.8 Å². The number of hydrazine groups is 1. The van der Waals surface area contributed by atoms with E-state index in [0.717, 1.165) is 42.6 Å². The predicted molar refractivity (Wildman–Crippen MR) is 86.7 cm³/mol. The Hall–Kier alpha value is -0.770. The van der Waals surface area contributed by atoms with Gasteiger partial charge in [0.25, 0.3) is 0 Å². The van der Waals surface area contributed by atoms with E-state index in [1.165, 1.54) is 43.2 Å². The highest BCUT2D eigenvalue weighted by Crippen LogP contribution is 2.35. The number of hydrogen-bond acceptors (Lipinski definition) is 3. The molecule has 1 heterocycles. The van der Waals surface area contributed by atoms with Crippen LogP contribution in [0.25, 0.3) is 0 Å². The molecule has 116 valence electrons. The lowest BCUT2D eigenvalue weighted by Gasteiger charge is -2.26. The van der Waals surface area contributed by atoms with Gasteiger partial charge < -0.3 is 4.74 Å². The van der Waals surface area contributed by atoms with Gasteiger partial charge in [-0.25, -0.2) is 0 Å². The van der Waals surface area contributed by atoms with Crippen molar-refractivity contribution in [3.63, 3.8) is 0 Å². The maximum absolute atomic E-state index is 6.24. The highest BCUT2D eigenvalue weighted by atomic mass is 35.5. The van der Waals surface area contributed by atoms with E-state index in [9.17, 15) is 0 Å². The zero-order valence-corrected chi connectivity index (χ0v) is 13.3. The molecule has 4 heteroatoms. The van der Waals surface area contributed by atoms with Crippen LogP contribution in [0.5, 0.6) is 5.75 Å². The molecule has 1 fully saturated rings. The Labute approximate surface area is 132 Å². The molecular formula is C17H25ClN2O. The van der Waals surface area contributed by atoms with Crippen LogP contribution in [0.15, 0.2) is 12.1 Å². The first-order valence-electron chi connectivity index (χ1n) is 8.16. The van der Waals surface area contributed by atoms with Crippen molar-refractivity contribution in [2.45, 2.75) is 57.4 Å². The van der Waals surface area contributed by atoms with Crippen LogP contribution >= 0.6 is 11.6 Å². The van der Waals surface area contributed by atoms with Gasteiger partial charge in [-0.3, -0.25) is 11.3 Å². The van der Waals surface area contributed by atoms with Crippen LogP contribution in [0.4, 0.5) is 0 Å². The van der Waals surface area contributed by atoms with Gasteiger partial charge in [-0.2, -0.15) is 0 Å². The Bertz CT molecular complexity index is 486. The first-order valence-corrected chi connectivity index (χ1v) is 8.54. The van der Waals surface area contributed by atoms with E-state index < -0.39 is 0 Å². The normalized spacial score (nSPS) is 20.1. The third-order valence-corrected chi connectivity index (χ3v) is 5.09. The molecule has 0 saturated heterocycles. The summed E-state index contributed by atoms with van der Waals surface area (Å²) < 4.78 is 5.79. The number of halogens is 1. The molecule has 3 nitrogen and oxygen atoms in total. The van der Waals surface area contributed by atoms with Gasteiger partial charge in [-0.05, 0) is 42.0 Å². The standard InChI is InChI=1S/C17H25ClN2O/c18-15-9-13-6-7-21-17(13)14(10-15)11-16(20-19)8-12-4-2-1-3-5-12/h9-10,12,16,20H,1-8,11,19H2. The van der Waals surface area contributed by atoms with Crippen molar-refractivity contribution < 1.29 is 4.74 Å². The minimum absolute atomic E-state index is 0.305. The molecule has 1 aromatic rings. The van der Waals surface area contributed by atoms with Crippen LogP contribution in [-0.4, -0.2) is 12.6 Å². The summed E-state index contributed by atoms with van der Waals surface area (Å²) in [6.45, 7) is 0.770. The molecule has 0 spiro atoms. The molecule has 0 bridgehead atoms. The van der Waals surface area contributed by atoms with Crippen molar-refractivity contribution in [1.29, 1.82) is 0 Å². The average Bonchev–Trinajstić information content (AvgIpc) is 2.96. The first-order chi connectivity index (χ1) is 10.3. The zero-order valence-electron chi connectivity index (χ0n) is 12.5. The topological polar surface area (TPSA) is 47.3 Å². The minimum Gasteiger partial charge on any atom is -0.493 e. The predicted octanol–water partition coefficient (Wildman–Crippen LogP) is 3.62. The molecule has 3 N–H and O–H groups in total. The van der Waals surface area contributed by atoms with E-state index in [2.05, 4.69) is 5.43 Å². The number of nitrogens with two attached hydrogens (primary N) is 1. The molecule has 0 amide bonds. The third-order valence-electron chi connectivity index (χ3n) is 4.87. The fourth-order valence-corrected chi connectivity index (χ4v) is 4.06. The van der Waals surface area contributed by atoms with Gasteiger partial charge >= 0.3 is 0 Å². The van der Waals surface area contributed by atoms with Gasteiger partial charge in [0.15, 0.2) is 0 Å². The lowest BCUT2D eigenvalue weighted by Crippen LogP contribution is -2.38. The summed E-state index contributed by atoms with van der Waals surface area (Å²) in [5.74, 6) is 7.65. The maximum Gasteiger partial charge on any atom is 0.125 e. The second-order valence-electron chi connectivity index (χ2n) is 6.46. The van der Waals surface area contributed by atoms with Crippen LogP contribution < -0.4 is 16.0 Å². The quantitative estimate of drug-likeness (QED) is 0.645. The smallest absolute Gasteiger partial charge is 0.125 e. The van der Waals surface area contributed by atoms with E-state index in [1.54, 1.807) is 0 Å². The molecule has 1 unspecified atom stereocenters. The molecule has 2 aliphatic rings. The van der Waals surface area contributed by atoms with Crippen molar-refractivity contribution in [1.82, 2.24) is 5.43 Å². The summed E-state index contributed by atoms with van der Waals surface area (Å²) in [7, 11) is 0. The van der Waals surface area contributed by atoms with E-state index in [4.69, 9.17) is 22.2 Å². The molecular weight excluding hydrogens is 284 g/mol. The minimum atomic E-state index is 0.305. The second-order valence-corrected chi connectivity index (χ2v) is 6.90.